The van der Waals surface area contributed by atoms with Gasteiger partial charge in [-0.15, -0.1) is 0 Å². The second kappa shape index (κ2) is 5.92. The molecule has 0 spiro atoms. The third-order valence-corrected chi connectivity index (χ3v) is 2.46. The molecule has 2 aromatic rings. The zero-order valence-electron chi connectivity index (χ0n) is 10.8. The number of carboxylic acids is 1. The van der Waals surface area contributed by atoms with E-state index in [1.807, 2.05) is 0 Å². The molecule has 0 aliphatic rings. The van der Waals surface area contributed by atoms with Crippen molar-refractivity contribution in [1.82, 2.24) is 0 Å². The highest BCUT2D eigenvalue weighted by atomic mass is 16.5. The number of rotatable bonds is 5. The van der Waals surface area contributed by atoms with E-state index in [-0.39, 0.29) is 18.1 Å². The lowest BCUT2D eigenvalue weighted by Crippen LogP contribution is -2.05. The number of nitrogens with one attached hydrogen (secondary N) is 1. The molecule has 2 rings (SSSR count). The fraction of sp³-hybridized carbons (Fsp3) is 0.143. The first-order valence-electron chi connectivity index (χ1n) is 5.86. The smallest absolute Gasteiger partial charge is 0.338 e. The van der Waals surface area contributed by atoms with Crippen LogP contribution in [0.3, 0.4) is 0 Å². The van der Waals surface area contributed by atoms with Crippen LogP contribution >= 0.6 is 0 Å². The number of aromatic carboxylic acids is 1. The first-order valence-corrected chi connectivity index (χ1v) is 5.86. The first kappa shape index (κ1) is 13.7. The van der Waals surface area contributed by atoms with E-state index in [0.717, 1.165) is 0 Å². The van der Waals surface area contributed by atoms with Crippen LogP contribution in [0.4, 0.5) is 5.69 Å². The maximum absolute atomic E-state index is 10.9. The molecule has 0 saturated carbocycles. The van der Waals surface area contributed by atoms with E-state index in [1.165, 1.54) is 19.3 Å². The molecule has 6 nitrogen and oxygen atoms in total. The molecule has 1 heterocycles. The van der Waals surface area contributed by atoms with Crippen LogP contribution in [-0.2, 0) is 11.4 Å². The molecule has 1 aromatic carbocycles. The Hall–Kier alpha value is -2.76. The van der Waals surface area contributed by atoms with Crippen LogP contribution in [0.25, 0.3) is 0 Å². The molecule has 0 aliphatic carbocycles. The van der Waals surface area contributed by atoms with E-state index in [2.05, 4.69) is 5.32 Å². The number of ether oxygens (including phenoxy) is 1. The summed E-state index contributed by atoms with van der Waals surface area (Å²) in [6.07, 6.45) is 1.17. The fourth-order valence-electron chi connectivity index (χ4n) is 1.56. The van der Waals surface area contributed by atoms with Crippen LogP contribution in [0.2, 0.25) is 0 Å². The number of carbonyl (C=O) groups is 2. The van der Waals surface area contributed by atoms with E-state index < -0.39 is 5.97 Å². The number of carbonyl (C=O) groups excluding carboxylic acids is 1. The van der Waals surface area contributed by atoms with E-state index >= 15 is 0 Å². The quantitative estimate of drug-likeness (QED) is 0.875. The van der Waals surface area contributed by atoms with Gasteiger partial charge in [0.15, 0.2) is 0 Å². The number of anilines is 1. The Balaban J connectivity index is 1.93. The molecule has 0 bridgehead atoms. The largest absolute Gasteiger partial charge is 0.486 e. The van der Waals surface area contributed by atoms with Crippen molar-refractivity contribution in [2.45, 2.75) is 13.5 Å². The predicted octanol–water partition coefficient (Wildman–Crippen LogP) is 2.52. The summed E-state index contributed by atoms with van der Waals surface area (Å²) in [7, 11) is 0. The molecule has 1 amide bonds. The van der Waals surface area contributed by atoms with Gasteiger partial charge in [-0.3, -0.25) is 4.79 Å². The van der Waals surface area contributed by atoms with Crippen LogP contribution in [0.5, 0.6) is 5.75 Å². The molecule has 6 heteroatoms. The van der Waals surface area contributed by atoms with E-state index in [4.69, 9.17) is 14.3 Å². The summed E-state index contributed by atoms with van der Waals surface area (Å²) in [6.45, 7) is 1.56. The van der Waals surface area contributed by atoms with Gasteiger partial charge >= 0.3 is 5.97 Å². The topological polar surface area (TPSA) is 88.8 Å². The van der Waals surface area contributed by atoms with Crippen molar-refractivity contribution in [2.75, 3.05) is 5.32 Å². The minimum atomic E-state index is -1.04. The maximum atomic E-state index is 10.9. The van der Waals surface area contributed by atoms with Gasteiger partial charge in [-0.1, -0.05) is 0 Å². The fourth-order valence-corrected chi connectivity index (χ4v) is 1.56. The Bertz CT molecular complexity index is 615. The number of furan rings is 1. The molecule has 0 radical (unpaired) electrons. The van der Waals surface area contributed by atoms with Gasteiger partial charge < -0.3 is 19.6 Å². The lowest BCUT2D eigenvalue weighted by Gasteiger charge is -2.06. The summed E-state index contributed by atoms with van der Waals surface area (Å²) in [5.74, 6) is -0.171. The number of benzene rings is 1. The highest BCUT2D eigenvalue weighted by molar-refractivity contribution is 5.88. The highest BCUT2D eigenvalue weighted by Gasteiger charge is 2.08. The van der Waals surface area contributed by atoms with Gasteiger partial charge in [-0.25, -0.2) is 4.79 Å². The normalized spacial score (nSPS) is 10.1. The maximum Gasteiger partial charge on any atom is 0.338 e. The third kappa shape index (κ3) is 3.61. The molecule has 0 aliphatic heterocycles. The Morgan fingerprint density at radius 1 is 1.30 bits per heavy atom. The Morgan fingerprint density at radius 3 is 2.55 bits per heavy atom. The molecule has 104 valence electrons. The van der Waals surface area contributed by atoms with Crippen molar-refractivity contribution in [1.29, 1.82) is 0 Å². The average molecular weight is 275 g/mol. The molecule has 0 saturated heterocycles. The minimum absolute atomic E-state index is 0.0876. The van der Waals surface area contributed by atoms with Gasteiger partial charge in [0.25, 0.3) is 0 Å². The average Bonchev–Trinajstić information content (AvgIpc) is 2.86. The second-order valence-corrected chi connectivity index (χ2v) is 4.10. The minimum Gasteiger partial charge on any atom is -0.486 e. The summed E-state index contributed by atoms with van der Waals surface area (Å²) >= 11 is 0. The molecule has 0 atom stereocenters. The number of hydrogen-bond donors (Lipinski definition) is 2. The van der Waals surface area contributed by atoms with Crippen molar-refractivity contribution >= 4 is 17.6 Å². The van der Waals surface area contributed by atoms with Gasteiger partial charge in [0.1, 0.15) is 24.4 Å². The van der Waals surface area contributed by atoms with Crippen LogP contribution in [0.1, 0.15) is 23.0 Å². The van der Waals surface area contributed by atoms with Crippen LogP contribution < -0.4 is 10.1 Å². The summed E-state index contributed by atoms with van der Waals surface area (Å²) < 4.78 is 10.5. The second-order valence-electron chi connectivity index (χ2n) is 4.10. The van der Waals surface area contributed by atoms with Gasteiger partial charge in [0.05, 0.1) is 5.56 Å². The lowest BCUT2D eigenvalue weighted by atomic mass is 10.3. The van der Waals surface area contributed by atoms with Crippen molar-refractivity contribution < 1.29 is 23.8 Å². The molecule has 0 unspecified atom stereocenters. The zero-order chi connectivity index (χ0) is 14.5. The van der Waals surface area contributed by atoms with Crippen molar-refractivity contribution in [2.24, 2.45) is 0 Å². The summed E-state index contributed by atoms with van der Waals surface area (Å²) in [4.78, 5) is 21.5. The number of hydrogen-bond acceptors (Lipinski definition) is 4. The van der Waals surface area contributed by atoms with Gasteiger partial charge in [-0.2, -0.15) is 0 Å². The first-order chi connectivity index (χ1) is 9.54. The Labute approximate surface area is 115 Å². The lowest BCUT2D eigenvalue weighted by molar-refractivity contribution is -0.114. The zero-order valence-corrected chi connectivity index (χ0v) is 10.8. The van der Waals surface area contributed by atoms with Crippen molar-refractivity contribution in [3.63, 3.8) is 0 Å². The summed E-state index contributed by atoms with van der Waals surface area (Å²) in [6, 6.07) is 8.23. The molecule has 1 aromatic heterocycles. The summed E-state index contributed by atoms with van der Waals surface area (Å²) in [5, 5.41) is 11.4. The van der Waals surface area contributed by atoms with E-state index in [9.17, 15) is 9.59 Å². The Kier molecular flexibility index (Phi) is 4.05. The van der Waals surface area contributed by atoms with E-state index in [0.29, 0.717) is 17.2 Å². The molecular formula is C14H13NO5. The van der Waals surface area contributed by atoms with Crippen molar-refractivity contribution in [3.8, 4) is 5.75 Å². The Morgan fingerprint density at radius 2 is 2.00 bits per heavy atom. The van der Waals surface area contributed by atoms with Crippen LogP contribution in [-0.4, -0.2) is 17.0 Å². The molecule has 0 fully saturated rings. The standard InChI is InChI=1S/C14H13NO5/c1-9(16)15-11-2-4-12(5-3-11)20-8-13-6-10(7-19-13)14(17)18/h2-7H,8H2,1H3,(H,15,16)(H,17,18). The predicted molar refractivity (Wildman–Crippen MR) is 70.7 cm³/mol. The summed E-state index contributed by atoms with van der Waals surface area (Å²) in [5.41, 5.74) is 0.764. The van der Waals surface area contributed by atoms with Gasteiger partial charge in [-0.05, 0) is 30.3 Å². The number of amides is 1. The van der Waals surface area contributed by atoms with Crippen LogP contribution in [0.15, 0.2) is 41.0 Å². The highest BCUT2D eigenvalue weighted by Crippen LogP contribution is 2.17. The molecule has 20 heavy (non-hydrogen) atoms. The molecular weight excluding hydrogens is 262 g/mol. The van der Waals surface area contributed by atoms with Gasteiger partial charge in [0.2, 0.25) is 5.91 Å². The van der Waals surface area contributed by atoms with E-state index in [1.54, 1.807) is 24.3 Å². The van der Waals surface area contributed by atoms with Crippen molar-refractivity contribution in [3.05, 3.63) is 47.9 Å². The van der Waals surface area contributed by atoms with Gasteiger partial charge in [0, 0.05) is 12.6 Å². The van der Waals surface area contributed by atoms with Crippen LogP contribution in [0, 0.1) is 0 Å². The third-order valence-electron chi connectivity index (χ3n) is 2.46. The SMILES string of the molecule is CC(=O)Nc1ccc(OCc2cc(C(=O)O)co2)cc1. The molecule has 2 N–H and O–H groups in total. The number of carboxylic acid groups (broad SMARTS) is 1. The monoisotopic (exact) mass is 275 g/mol.